The zero-order valence-corrected chi connectivity index (χ0v) is 10.2. The van der Waals surface area contributed by atoms with E-state index in [1.807, 2.05) is 30.3 Å². The average molecular weight is 240 g/mol. The molecule has 0 aliphatic rings. The number of Topliss-reactive ketones (excluding diaryl/α,β-unsaturated/α-hetero) is 1. The Morgan fingerprint density at radius 1 is 1.12 bits per heavy atom. The van der Waals surface area contributed by atoms with E-state index < -0.39 is 9.84 Å². The molecule has 0 amide bonds. The standard InChI is InChI=1S/C12H16O3S/c1-16(14,15)10-9-12(13)8-7-11-5-3-2-4-6-11/h2-6H,7-10H2,1H3. The number of rotatable bonds is 6. The number of carbonyl (C=O) groups excluding carboxylic acids is 1. The number of sulfone groups is 1. The van der Waals surface area contributed by atoms with Gasteiger partial charge in [-0.25, -0.2) is 8.42 Å². The van der Waals surface area contributed by atoms with Crippen LogP contribution in [0, 0.1) is 0 Å². The first-order chi connectivity index (χ1) is 7.47. The van der Waals surface area contributed by atoms with Crippen LogP contribution in [0.1, 0.15) is 18.4 Å². The minimum absolute atomic E-state index is 0.00859. The number of benzene rings is 1. The molecule has 16 heavy (non-hydrogen) atoms. The fraction of sp³-hybridized carbons (Fsp3) is 0.417. The minimum atomic E-state index is -3.02. The Balaban J connectivity index is 2.31. The third kappa shape index (κ3) is 5.66. The summed E-state index contributed by atoms with van der Waals surface area (Å²) in [6.45, 7) is 0. The monoisotopic (exact) mass is 240 g/mol. The van der Waals surface area contributed by atoms with Gasteiger partial charge in [0, 0.05) is 19.1 Å². The molecule has 1 aromatic rings. The number of ketones is 1. The van der Waals surface area contributed by atoms with Crippen LogP contribution < -0.4 is 0 Å². The van der Waals surface area contributed by atoms with Gasteiger partial charge in [0.2, 0.25) is 0 Å². The Labute approximate surface area is 96.4 Å². The quantitative estimate of drug-likeness (QED) is 0.759. The van der Waals surface area contributed by atoms with Crippen molar-refractivity contribution in [1.82, 2.24) is 0 Å². The van der Waals surface area contributed by atoms with Gasteiger partial charge in [-0.05, 0) is 12.0 Å². The molecule has 0 fully saturated rings. The molecule has 0 atom stereocenters. The topological polar surface area (TPSA) is 51.2 Å². The molecule has 4 heteroatoms. The van der Waals surface area contributed by atoms with Gasteiger partial charge in [0.15, 0.2) is 0 Å². The van der Waals surface area contributed by atoms with Crippen LogP contribution in [0.3, 0.4) is 0 Å². The number of aryl methyl sites for hydroxylation is 1. The zero-order chi connectivity index (χ0) is 12.0. The summed E-state index contributed by atoms with van der Waals surface area (Å²) in [6.07, 6.45) is 2.38. The second-order valence-corrected chi connectivity index (χ2v) is 6.16. The van der Waals surface area contributed by atoms with E-state index in [4.69, 9.17) is 0 Å². The molecule has 0 radical (unpaired) electrons. The molecule has 0 aliphatic carbocycles. The summed E-state index contributed by atoms with van der Waals surface area (Å²) in [6, 6.07) is 9.70. The first-order valence-electron chi connectivity index (χ1n) is 5.21. The largest absolute Gasteiger partial charge is 0.300 e. The van der Waals surface area contributed by atoms with Crippen molar-refractivity contribution in [3.05, 3.63) is 35.9 Å². The lowest BCUT2D eigenvalue weighted by Crippen LogP contribution is -2.09. The fourth-order valence-corrected chi connectivity index (χ4v) is 1.95. The van der Waals surface area contributed by atoms with Gasteiger partial charge in [0.25, 0.3) is 0 Å². The summed E-state index contributed by atoms with van der Waals surface area (Å²) < 4.78 is 21.7. The van der Waals surface area contributed by atoms with Gasteiger partial charge in [0.1, 0.15) is 15.6 Å². The molecular weight excluding hydrogens is 224 g/mol. The average Bonchev–Trinajstić information content (AvgIpc) is 2.24. The molecule has 0 unspecified atom stereocenters. The van der Waals surface area contributed by atoms with E-state index >= 15 is 0 Å². The molecule has 0 aliphatic heterocycles. The van der Waals surface area contributed by atoms with E-state index in [9.17, 15) is 13.2 Å². The molecular formula is C12H16O3S. The summed E-state index contributed by atoms with van der Waals surface area (Å²) >= 11 is 0. The normalized spacial score (nSPS) is 11.3. The van der Waals surface area contributed by atoms with Crippen LogP contribution >= 0.6 is 0 Å². The molecule has 0 saturated carbocycles. The zero-order valence-electron chi connectivity index (χ0n) is 9.35. The Hall–Kier alpha value is -1.16. The highest BCUT2D eigenvalue weighted by Crippen LogP contribution is 2.04. The van der Waals surface area contributed by atoms with E-state index in [0.717, 1.165) is 11.8 Å². The predicted molar refractivity (Wildman–Crippen MR) is 64.1 cm³/mol. The molecule has 88 valence electrons. The smallest absolute Gasteiger partial charge is 0.147 e. The van der Waals surface area contributed by atoms with Crippen LogP contribution in [0.5, 0.6) is 0 Å². The van der Waals surface area contributed by atoms with Gasteiger partial charge < -0.3 is 0 Å². The molecule has 1 rings (SSSR count). The molecule has 0 aromatic heterocycles. The van der Waals surface area contributed by atoms with Gasteiger partial charge in [0.05, 0.1) is 5.75 Å². The minimum Gasteiger partial charge on any atom is -0.300 e. The second kappa shape index (κ2) is 5.80. The van der Waals surface area contributed by atoms with E-state index in [0.29, 0.717) is 12.8 Å². The lowest BCUT2D eigenvalue weighted by Gasteiger charge is -2.00. The van der Waals surface area contributed by atoms with Crippen molar-refractivity contribution in [2.45, 2.75) is 19.3 Å². The van der Waals surface area contributed by atoms with Crippen molar-refractivity contribution in [3.63, 3.8) is 0 Å². The van der Waals surface area contributed by atoms with Crippen LogP contribution in [-0.2, 0) is 21.1 Å². The number of hydrogen-bond acceptors (Lipinski definition) is 3. The summed E-state index contributed by atoms with van der Waals surface area (Å²) in [7, 11) is -3.02. The maximum absolute atomic E-state index is 11.4. The van der Waals surface area contributed by atoms with Gasteiger partial charge in [-0.15, -0.1) is 0 Å². The van der Waals surface area contributed by atoms with Crippen molar-refractivity contribution < 1.29 is 13.2 Å². The van der Waals surface area contributed by atoms with Crippen LogP contribution in [-0.4, -0.2) is 26.2 Å². The Kier molecular flexibility index (Phi) is 4.68. The van der Waals surface area contributed by atoms with E-state index in [1.165, 1.54) is 0 Å². The number of carbonyl (C=O) groups is 1. The van der Waals surface area contributed by atoms with E-state index in [2.05, 4.69) is 0 Å². The van der Waals surface area contributed by atoms with Crippen molar-refractivity contribution in [2.24, 2.45) is 0 Å². The van der Waals surface area contributed by atoms with Crippen molar-refractivity contribution in [2.75, 3.05) is 12.0 Å². The molecule has 0 spiro atoms. The molecule has 0 bridgehead atoms. The molecule has 3 nitrogen and oxygen atoms in total. The van der Waals surface area contributed by atoms with Gasteiger partial charge in [-0.1, -0.05) is 30.3 Å². The maximum Gasteiger partial charge on any atom is 0.147 e. The highest BCUT2D eigenvalue weighted by Gasteiger charge is 2.07. The molecule has 1 aromatic carbocycles. The number of hydrogen-bond donors (Lipinski definition) is 0. The lowest BCUT2D eigenvalue weighted by molar-refractivity contribution is -0.118. The summed E-state index contributed by atoms with van der Waals surface area (Å²) in [5, 5.41) is 0. The third-order valence-corrected chi connectivity index (χ3v) is 3.23. The SMILES string of the molecule is CS(=O)(=O)CCC(=O)CCc1ccccc1. The Morgan fingerprint density at radius 2 is 1.75 bits per heavy atom. The second-order valence-electron chi connectivity index (χ2n) is 3.90. The fourth-order valence-electron chi connectivity index (χ4n) is 1.35. The predicted octanol–water partition coefficient (Wildman–Crippen LogP) is 1.62. The first kappa shape index (κ1) is 12.9. The van der Waals surface area contributed by atoms with Crippen LogP contribution in [0.4, 0.5) is 0 Å². The highest BCUT2D eigenvalue weighted by molar-refractivity contribution is 7.90. The van der Waals surface area contributed by atoms with Gasteiger partial charge in [-0.2, -0.15) is 0 Å². The highest BCUT2D eigenvalue weighted by atomic mass is 32.2. The van der Waals surface area contributed by atoms with Crippen LogP contribution in [0.25, 0.3) is 0 Å². The van der Waals surface area contributed by atoms with Gasteiger partial charge in [-0.3, -0.25) is 4.79 Å². The van der Waals surface area contributed by atoms with E-state index in [1.54, 1.807) is 0 Å². The summed E-state index contributed by atoms with van der Waals surface area (Å²) in [4.78, 5) is 11.4. The summed E-state index contributed by atoms with van der Waals surface area (Å²) in [5.74, 6) is -0.0325. The van der Waals surface area contributed by atoms with Crippen molar-refractivity contribution >= 4 is 15.6 Å². The Morgan fingerprint density at radius 3 is 2.31 bits per heavy atom. The van der Waals surface area contributed by atoms with Gasteiger partial charge >= 0.3 is 0 Å². The first-order valence-corrected chi connectivity index (χ1v) is 7.27. The van der Waals surface area contributed by atoms with E-state index in [-0.39, 0.29) is 18.0 Å². The molecule has 0 N–H and O–H groups in total. The van der Waals surface area contributed by atoms with Crippen LogP contribution in [0.15, 0.2) is 30.3 Å². The molecule has 0 saturated heterocycles. The van der Waals surface area contributed by atoms with Crippen molar-refractivity contribution in [1.29, 1.82) is 0 Å². The van der Waals surface area contributed by atoms with Crippen LogP contribution in [0.2, 0.25) is 0 Å². The Bertz CT molecular complexity index is 435. The van der Waals surface area contributed by atoms with Crippen molar-refractivity contribution in [3.8, 4) is 0 Å². The molecule has 0 heterocycles. The summed E-state index contributed by atoms with van der Waals surface area (Å²) in [5.41, 5.74) is 1.11. The maximum atomic E-state index is 11.4. The third-order valence-electron chi connectivity index (χ3n) is 2.29. The lowest BCUT2D eigenvalue weighted by atomic mass is 10.1.